The molecule has 1 aliphatic rings. The number of phenols is 1. The van der Waals surface area contributed by atoms with Crippen molar-refractivity contribution < 1.29 is 15.0 Å². The zero-order valence-electron chi connectivity index (χ0n) is 15.6. The Morgan fingerprint density at radius 1 is 1.19 bits per heavy atom. The van der Waals surface area contributed by atoms with Gasteiger partial charge in [-0.1, -0.05) is 38.1 Å². The van der Waals surface area contributed by atoms with E-state index in [1.807, 2.05) is 22.9 Å². The lowest BCUT2D eigenvalue weighted by Gasteiger charge is -2.25. The van der Waals surface area contributed by atoms with E-state index in [4.69, 9.17) is 0 Å². The number of aliphatic hydroxyl groups excluding tert-OH is 1. The Morgan fingerprint density at radius 2 is 1.93 bits per heavy atom. The zero-order valence-corrected chi connectivity index (χ0v) is 15.6. The van der Waals surface area contributed by atoms with Gasteiger partial charge in [-0.25, -0.2) is 4.98 Å². The highest BCUT2D eigenvalue weighted by atomic mass is 16.3. The molecule has 2 heterocycles. The fourth-order valence-electron chi connectivity index (χ4n) is 3.23. The van der Waals surface area contributed by atoms with Crippen molar-refractivity contribution in [3.8, 4) is 5.75 Å². The largest absolute Gasteiger partial charge is 0.508 e. The van der Waals surface area contributed by atoms with Crippen LogP contribution >= 0.6 is 0 Å². The van der Waals surface area contributed by atoms with Crippen LogP contribution in [0.3, 0.4) is 0 Å². The van der Waals surface area contributed by atoms with E-state index in [9.17, 15) is 15.0 Å². The van der Waals surface area contributed by atoms with Crippen LogP contribution in [-0.2, 0) is 11.3 Å². The number of carbonyl (C=O) groups is 1. The molecule has 0 aliphatic carbocycles. The molecule has 0 fully saturated rings. The van der Waals surface area contributed by atoms with Crippen molar-refractivity contribution in [2.24, 2.45) is 5.92 Å². The highest BCUT2D eigenvalue weighted by Crippen LogP contribution is 2.34. The average Bonchev–Trinajstić information content (AvgIpc) is 3.23. The number of aliphatic hydroxyl groups is 1. The minimum atomic E-state index is -0.359. The normalized spacial score (nSPS) is 17.7. The van der Waals surface area contributed by atoms with Crippen LogP contribution in [0.1, 0.15) is 25.8 Å². The van der Waals surface area contributed by atoms with Gasteiger partial charge in [-0.15, -0.1) is 0 Å². The Balaban J connectivity index is 1.84. The van der Waals surface area contributed by atoms with E-state index in [1.165, 1.54) is 0 Å². The maximum absolute atomic E-state index is 12.7. The lowest BCUT2D eigenvalue weighted by Crippen LogP contribution is -2.35. The quantitative estimate of drug-likeness (QED) is 0.736. The molecule has 3 rings (SSSR count). The molecular formula is C21H25N3O3. The van der Waals surface area contributed by atoms with Gasteiger partial charge in [0.1, 0.15) is 5.75 Å². The fourth-order valence-corrected chi connectivity index (χ4v) is 3.23. The molecule has 0 radical (unpaired) electrons. The SMILES string of the molecule is CC(C)/C=C/C1C(c2ccc(O)cc2)=C(O)C(=O)N1CCCn1ccnc1. The molecule has 0 saturated heterocycles. The summed E-state index contributed by atoms with van der Waals surface area (Å²) in [5, 5.41) is 20.1. The summed E-state index contributed by atoms with van der Waals surface area (Å²) in [6.45, 7) is 5.41. The third-order valence-corrected chi connectivity index (χ3v) is 4.58. The molecule has 1 aromatic heterocycles. The van der Waals surface area contributed by atoms with E-state index >= 15 is 0 Å². The minimum Gasteiger partial charge on any atom is -0.508 e. The van der Waals surface area contributed by atoms with Crippen LogP contribution in [-0.4, -0.2) is 43.2 Å². The van der Waals surface area contributed by atoms with Crippen LogP contribution in [0, 0.1) is 5.92 Å². The van der Waals surface area contributed by atoms with E-state index < -0.39 is 0 Å². The summed E-state index contributed by atoms with van der Waals surface area (Å²) in [7, 11) is 0. The summed E-state index contributed by atoms with van der Waals surface area (Å²) in [5.74, 6) is -0.102. The summed E-state index contributed by atoms with van der Waals surface area (Å²) in [5.41, 5.74) is 1.31. The fraction of sp³-hybridized carbons (Fsp3) is 0.333. The summed E-state index contributed by atoms with van der Waals surface area (Å²) in [6.07, 6.45) is 10.1. The van der Waals surface area contributed by atoms with Crippen molar-refractivity contribution in [3.63, 3.8) is 0 Å². The predicted octanol–water partition coefficient (Wildman–Crippen LogP) is 3.37. The molecule has 142 valence electrons. The molecule has 1 atom stereocenters. The van der Waals surface area contributed by atoms with Crippen LogP contribution in [0.25, 0.3) is 5.57 Å². The monoisotopic (exact) mass is 367 g/mol. The molecule has 1 aromatic carbocycles. The van der Waals surface area contributed by atoms with E-state index in [0.717, 1.165) is 18.5 Å². The molecule has 1 aliphatic heterocycles. The number of imidazole rings is 1. The molecule has 6 heteroatoms. The Hall–Kier alpha value is -3.02. The van der Waals surface area contributed by atoms with Crippen LogP contribution in [0.4, 0.5) is 0 Å². The first-order chi connectivity index (χ1) is 13.0. The van der Waals surface area contributed by atoms with Crippen molar-refractivity contribution in [1.29, 1.82) is 0 Å². The third-order valence-electron chi connectivity index (χ3n) is 4.58. The van der Waals surface area contributed by atoms with Crippen LogP contribution in [0.15, 0.2) is 60.9 Å². The van der Waals surface area contributed by atoms with Gasteiger partial charge < -0.3 is 19.7 Å². The Morgan fingerprint density at radius 3 is 2.56 bits per heavy atom. The number of phenolic OH excluding ortho intramolecular Hbond substituents is 1. The Labute approximate surface area is 159 Å². The first kappa shape index (κ1) is 18.8. The molecule has 0 saturated carbocycles. The van der Waals surface area contributed by atoms with E-state index in [-0.39, 0.29) is 23.5 Å². The molecule has 6 nitrogen and oxygen atoms in total. The number of aromatic hydroxyl groups is 1. The second-order valence-corrected chi connectivity index (χ2v) is 7.04. The minimum absolute atomic E-state index is 0.148. The van der Waals surface area contributed by atoms with Crippen molar-refractivity contribution in [2.75, 3.05) is 6.54 Å². The second-order valence-electron chi connectivity index (χ2n) is 7.04. The number of allylic oxidation sites excluding steroid dienone is 1. The maximum atomic E-state index is 12.7. The summed E-state index contributed by atoms with van der Waals surface area (Å²) < 4.78 is 1.97. The van der Waals surface area contributed by atoms with E-state index in [0.29, 0.717) is 18.0 Å². The predicted molar refractivity (Wildman–Crippen MR) is 104 cm³/mol. The lowest BCUT2D eigenvalue weighted by molar-refractivity contribution is -0.128. The van der Waals surface area contributed by atoms with Crippen LogP contribution in [0.5, 0.6) is 5.75 Å². The van der Waals surface area contributed by atoms with Crippen molar-refractivity contribution in [1.82, 2.24) is 14.5 Å². The first-order valence-corrected chi connectivity index (χ1v) is 9.15. The molecule has 2 N–H and O–H groups in total. The summed E-state index contributed by atoms with van der Waals surface area (Å²) in [6, 6.07) is 6.24. The lowest BCUT2D eigenvalue weighted by atomic mass is 9.97. The summed E-state index contributed by atoms with van der Waals surface area (Å²) in [4.78, 5) is 18.4. The Bertz CT molecular complexity index is 836. The molecule has 0 bridgehead atoms. The molecule has 1 unspecified atom stereocenters. The van der Waals surface area contributed by atoms with Gasteiger partial charge in [-0.2, -0.15) is 0 Å². The van der Waals surface area contributed by atoms with Gasteiger partial charge in [0.15, 0.2) is 5.76 Å². The van der Waals surface area contributed by atoms with Crippen molar-refractivity contribution in [2.45, 2.75) is 32.9 Å². The molecule has 0 spiro atoms. The standard InChI is InChI=1S/C21H25N3O3/c1-15(2)4-9-18-19(16-5-7-17(25)8-6-16)20(26)21(27)24(18)12-3-11-23-13-10-22-14-23/h4-10,13-15,18,25-26H,3,11-12H2,1-2H3/b9-4+. The topological polar surface area (TPSA) is 78.6 Å². The highest BCUT2D eigenvalue weighted by Gasteiger charge is 2.38. The number of hydrogen-bond acceptors (Lipinski definition) is 4. The Kier molecular flexibility index (Phi) is 5.64. The molecule has 1 amide bonds. The number of amides is 1. The molecule has 27 heavy (non-hydrogen) atoms. The van der Waals surface area contributed by atoms with Crippen LogP contribution < -0.4 is 0 Å². The average molecular weight is 367 g/mol. The van der Waals surface area contributed by atoms with Gasteiger partial charge in [0.2, 0.25) is 0 Å². The number of nitrogens with zero attached hydrogens (tertiary/aromatic N) is 3. The van der Waals surface area contributed by atoms with E-state index in [1.54, 1.807) is 41.7 Å². The van der Waals surface area contributed by atoms with E-state index in [2.05, 4.69) is 18.8 Å². The van der Waals surface area contributed by atoms with Crippen molar-refractivity contribution >= 4 is 11.5 Å². The number of benzene rings is 1. The maximum Gasteiger partial charge on any atom is 0.289 e. The van der Waals surface area contributed by atoms with Crippen LogP contribution in [0.2, 0.25) is 0 Å². The number of carbonyl (C=O) groups excluding carboxylic acids is 1. The number of rotatable bonds is 7. The van der Waals surface area contributed by atoms with Crippen molar-refractivity contribution in [3.05, 3.63) is 66.5 Å². The first-order valence-electron chi connectivity index (χ1n) is 9.15. The highest BCUT2D eigenvalue weighted by molar-refractivity contribution is 6.05. The van der Waals surface area contributed by atoms with Gasteiger partial charge in [0.25, 0.3) is 5.91 Å². The zero-order chi connectivity index (χ0) is 19.4. The summed E-state index contributed by atoms with van der Waals surface area (Å²) >= 11 is 0. The van der Waals surface area contributed by atoms with Gasteiger partial charge >= 0.3 is 0 Å². The second kappa shape index (κ2) is 8.12. The number of hydrogen-bond donors (Lipinski definition) is 2. The number of aromatic nitrogens is 2. The number of aryl methyl sites for hydroxylation is 1. The third kappa shape index (κ3) is 4.22. The van der Waals surface area contributed by atoms with Gasteiger partial charge in [-0.05, 0) is 30.0 Å². The molecular weight excluding hydrogens is 342 g/mol. The van der Waals surface area contributed by atoms with Gasteiger partial charge in [0.05, 0.1) is 12.4 Å². The molecule has 2 aromatic rings. The van der Waals surface area contributed by atoms with Gasteiger partial charge in [0, 0.05) is 31.1 Å². The van der Waals surface area contributed by atoms with Gasteiger partial charge in [-0.3, -0.25) is 4.79 Å². The smallest absolute Gasteiger partial charge is 0.289 e.